The monoisotopic (exact) mass is 366 g/mol. The van der Waals surface area contributed by atoms with E-state index in [9.17, 15) is 14.4 Å². The minimum atomic E-state index is -1.01. The summed E-state index contributed by atoms with van der Waals surface area (Å²) in [5, 5.41) is 11.8. The summed E-state index contributed by atoms with van der Waals surface area (Å²) >= 11 is 0. The third-order valence-corrected chi connectivity index (χ3v) is 4.62. The Morgan fingerprint density at radius 3 is 2.70 bits per heavy atom. The van der Waals surface area contributed by atoms with Gasteiger partial charge in [-0.25, -0.2) is 4.79 Å². The fourth-order valence-corrected chi connectivity index (χ4v) is 3.26. The largest absolute Gasteiger partial charge is 0.478 e. The van der Waals surface area contributed by atoms with Crippen LogP contribution in [-0.4, -0.2) is 36.0 Å². The Morgan fingerprint density at radius 2 is 1.89 bits per heavy atom. The highest BCUT2D eigenvalue weighted by Gasteiger charge is 2.23. The quantitative estimate of drug-likeness (QED) is 0.737. The zero-order chi connectivity index (χ0) is 19.2. The van der Waals surface area contributed by atoms with Crippen LogP contribution in [0.15, 0.2) is 48.5 Å². The number of rotatable bonds is 7. The van der Waals surface area contributed by atoms with Crippen LogP contribution in [0.1, 0.15) is 34.3 Å². The number of hydrogen-bond donors (Lipinski definition) is 2. The molecule has 2 N–H and O–H groups in total. The van der Waals surface area contributed by atoms with Crippen LogP contribution >= 0.6 is 0 Å². The first-order valence-electron chi connectivity index (χ1n) is 9.02. The minimum Gasteiger partial charge on any atom is -0.478 e. The van der Waals surface area contributed by atoms with Gasteiger partial charge in [0.1, 0.15) is 0 Å². The molecule has 0 fully saturated rings. The fourth-order valence-electron chi connectivity index (χ4n) is 3.26. The van der Waals surface area contributed by atoms with Gasteiger partial charge in [0.05, 0.1) is 12.0 Å². The lowest BCUT2D eigenvalue weighted by atomic mass is 10.1. The molecule has 0 bridgehead atoms. The number of para-hydroxylation sites is 1. The zero-order valence-electron chi connectivity index (χ0n) is 15.0. The van der Waals surface area contributed by atoms with Crippen molar-refractivity contribution in [2.24, 2.45) is 0 Å². The average Bonchev–Trinajstić information content (AvgIpc) is 3.09. The van der Waals surface area contributed by atoms with Gasteiger partial charge in [-0.05, 0) is 42.2 Å². The maximum atomic E-state index is 12.4. The lowest BCUT2D eigenvalue weighted by molar-refractivity contribution is -0.121. The molecule has 1 heterocycles. The Morgan fingerprint density at radius 1 is 1.07 bits per heavy atom. The molecule has 27 heavy (non-hydrogen) atoms. The molecule has 0 radical (unpaired) electrons. The van der Waals surface area contributed by atoms with Gasteiger partial charge < -0.3 is 15.3 Å². The maximum Gasteiger partial charge on any atom is 0.335 e. The number of nitrogens with one attached hydrogen (secondary N) is 1. The number of carbonyl (C=O) groups excluding carboxylic acids is 2. The van der Waals surface area contributed by atoms with Gasteiger partial charge in [-0.15, -0.1) is 0 Å². The van der Waals surface area contributed by atoms with Gasteiger partial charge in [0, 0.05) is 25.2 Å². The first-order chi connectivity index (χ1) is 13.0. The molecule has 6 heteroatoms. The number of carboxylic acid groups (broad SMARTS) is 1. The fraction of sp³-hybridized carbons (Fsp3) is 0.286. The van der Waals surface area contributed by atoms with Gasteiger partial charge in [-0.3, -0.25) is 9.59 Å². The zero-order valence-corrected chi connectivity index (χ0v) is 15.0. The van der Waals surface area contributed by atoms with Crippen molar-refractivity contribution in [3.63, 3.8) is 0 Å². The Bertz CT molecular complexity index is 863. The molecule has 2 aromatic carbocycles. The highest BCUT2D eigenvalue weighted by atomic mass is 16.4. The van der Waals surface area contributed by atoms with Crippen LogP contribution in [0, 0.1) is 0 Å². The second-order valence-electron chi connectivity index (χ2n) is 6.56. The van der Waals surface area contributed by atoms with Gasteiger partial charge in [-0.1, -0.05) is 30.3 Å². The van der Waals surface area contributed by atoms with E-state index in [0.717, 1.165) is 12.1 Å². The van der Waals surface area contributed by atoms with Crippen molar-refractivity contribution < 1.29 is 19.5 Å². The molecule has 140 valence electrons. The van der Waals surface area contributed by atoms with Crippen molar-refractivity contribution in [2.75, 3.05) is 18.0 Å². The van der Waals surface area contributed by atoms with Crippen molar-refractivity contribution >= 4 is 23.5 Å². The molecular formula is C21H22N2O4. The standard InChI is InChI=1S/C21H22N2O4/c24-19(14-15-5-3-7-17(13-15)21(26)27)22-11-4-9-20(25)23-12-10-16-6-1-2-8-18(16)23/h1-3,5-8,13H,4,9-12,14H2,(H,22,24)(H,26,27). The van der Waals surface area contributed by atoms with Gasteiger partial charge in [0.15, 0.2) is 0 Å². The van der Waals surface area contributed by atoms with Crippen molar-refractivity contribution in [1.82, 2.24) is 5.32 Å². The predicted molar refractivity (Wildman–Crippen MR) is 102 cm³/mol. The highest BCUT2D eigenvalue weighted by molar-refractivity contribution is 5.95. The molecule has 3 rings (SSSR count). The van der Waals surface area contributed by atoms with Gasteiger partial charge in [0.25, 0.3) is 0 Å². The summed E-state index contributed by atoms with van der Waals surface area (Å²) in [5.74, 6) is -1.13. The molecule has 2 amide bonds. The van der Waals surface area contributed by atoms with Crippen LogP contribution in [0.25, 0.3) is 0 Å². The molecule has 2 aromatic rings. The lowest BCUT2D eigenvalue weighted by Crippen LogP contribution is -2.31. The number of nitrogens with zero attached hydrogens (tertiary/aromatic N) is 1. The number of carboxylic acids is 1. The molecule has 0 aromatic heterocycles. The summed E-state index contributed by atoms with van der Waals surface area (Å²) in [4.78, 5) is 37.2. The van der Waals surface area contributed by atoms with E-state index in [0.29, 0.717) is 31.5 Å². The molecular weight excluding hydrogens is 344 g/mol. The SMILES string of the molecule is O=C(Cc1cccc(C(=O)O)c1)NCCCC(=O)N1CCc2ccccc21. The van der Waals surface area contributed by atoms with Crippen LogP contribution in [0.5, 0.6) is 0 Å². The summed E-state index contributed by atoms with van der Waals surface area (Å²) in [6, 6.07) is 14.3. The summed E-state index contributed by atoms with van der Waals surface area (Å²) in [6.07, 6.45) is 1.95. The third kappa shape index (κ3) is 4.73. The number of carbonyl (C=O) groups is 3. The number of amides is 2. The summed E-state index contributed by atoms with van der Waals surface area (Å²) in [7, 11) is 0. The number of anilines is 1. The van der Waals surface area contributed by atoms with E-state index < -0.39 is 5.97 Å². The Balaban J connectivity index is 1.41. The third-order valence-electron chi connectivity index (χ3n) is 4.62. The van der Waals surface area contributed by atoms with Crippen molar-refractivity contribution in [2.45, 2.75) is 25.7 Å². The van der Waals surface area contributed by atoms with Crippen molar-refractivity contribution in [3.05, 3.63) is 65.2 Å². The lowest BCUT2D eigenvalue weighted by Gasteiger charge is -2.17. The van der Waals surface area contributed by atoms with E-state index in [2.05, 4.69) is 5.32 Å². The molecule has 0 saturated heterocycles. The first-order valence-corrected chi connectivity index (χ1v) is 9.02. The minimum absolute atomic E-state index is 0.0726. The van der Waals surface area contributed by atoms with Gasteiger partial charge >= 0.3 is 5.97 Å². The smallest absolute Gasteiger partial charge is 0.335 e. The number of hydrogen-bond acceptors (Lipinski definition) is 3. The van der Waals surface area contributed by atoms with E-state index in [1.54, 1.807) is 12.1 Å². The molecule has 0 unspecified atom stereocenters. The van der Waals surface area contributed by atoms with E-state index in [1.165, 1.54) is 17.7 Å². The molecule has 1 aliphatic heterocycles. The predicted octanol–water partition coefficient (Wildman–Crippen LogP) is 2.41. The summed E-state index contributed by atoms with van der Waals surface area (Å²) in [6.45, 7) is 1.13. The maximum absolute atomic E-state index is 12.4. The van der Waals surface area contributed by atoms with E-state index >= 15 is 0 Å². The van der Waals surface area contributed by atoms with Crippen LogP contribution in [-0.2, 0) is 22.4 Å². The first kappa shape index (κ1) is 18.6. The Labute approximate surface area is 157 Å². The van der Waals surface area contributed by atoms with Crippen LogP contribution in [0.2, 0.25) is 0 Å². The molecule has 1 aliphatic rings. The van der Waals surface area contributed by atoms with Crippen LogP contribution in [0.3, 0.4) is 0 Å². The topological polar surface area (TPSA) is 86.7 Å². The van der Waals surface area contributed by atoms with E-state index in [1.807, 2.05) is 29.2 Å². The highest BCUT2D eigenvalue weighted by Crippen LogP contribution is 2.27. The second-order valence-corrected chi connectivity index (χ2v) is 6.56. The summed E-state index contributed by atoms with van der Waals surface area (Å²) < 4.78 is 0. The summed E-state index contributed by atoms with van der Waals surface area (Å²) in [5.41, 5.74) is 3.00. The van der Waals surface area contributed by atoms with Crippen LogP contribution < -0.4 is 10.2 Å². The van der Waals surface area contributed by atoms with Crippen molar-refractivity contribution in [3.8, 4) is 0 Å². The van der Waals surface area contributed by atoms with E-state index in [-0.39, 0.29) is 23.8 Å². The second kappa shape index (κ2) is 8.49. The molecule has 0 spiro atoms. The number of fused-ring (bicyclic) bond motifs is 1. The molecule has 0 aliphatic carbocycles. The normalized spacial score (nSPS) is 12.5. The van der Waals surface area contributed by atoms with Crippen molar-refractivity contribution in [1.29, 1.82) is 0 Å². The van der Waals surface area contributed by atoms with E-state index in [4.69, 9.17) is 5.11 Å². The number of aromatic carboxylic acids is 1. The Kier molecular flexibility index (Phi) is 5.86. The number of benzene rings is 2. The molecule has 6 nitrogen and oxygen atoms in total. The average molecular weight is 366 g/mol. The molecule has 0 saturated carbocycles. The van der Waals surface area contributed by atoms with Crippen LogP contribution in [0.4, 0.5) is 5.69 Å². The molecule has 0 atom stereocenters. The Hall–Kier alpha value is -3.15. The van der Waals surface area contributed by atoms with Gasteiger partial charge in [0.2, 0.25) is 11.8 Å². The van der Waals surface area contributed by atoms with Gasteiger partial charge in [-0.2, -0.15) is 0 Å².